The first-order valence-electron chi connectivity index (χ1n) is 8.75. The predicted octanol–water partition coefficient (Wildman–Crippen LogP) is 1.63. The van der Waals surface area contributed by atoms with Gasteiger partial charge in [0.2, 0.25) is 15.9 Å². The second-order valence-corrected chi connectivity index (χ2v) is 8.00. The van der Waals surface area contributed by atoms with Crippen molar-refractivity contribution in [3.63, 3.8) is 0 Å². The number of benzene rings is 1. The van der Waals surface area contributed by atoms with E-state index in [1.807, 2.05) is 13.8 Å². The quantitative estimate of drug-likeness (QED) is 0.759. The highest BCUT2D eigenvalue weighted by Gasteiger charge is 2.29. The Bertz CT molecular complexity index is 941. The van der Waals surface area contributed by atoms with Gasteiger partial charge in [-0.25, -0.2) is 13.1 Å². The molecular weight excluding hydrogens is 372 g/mol. The number of amides is 1. The minimum Gasteiger partial charge on any atom is -0.482 e. The van der Waals surface area contributed by atoms with E-state index in [0.717, 1.165) is 0 Å². The summed E-state index contributed by atoms with van der Waals surface area (Å²) < 4.78 is 38.3. The number of fused-ring (bicyclic) bond motifs is 1. The predicted molar refractivity (Wildman–Crippen MR) is 96.9 cm³/mol. The minimum absolute atomic E-state index is 0.0622. The summed E-state index contributed by atoms with van der Waals surface area (Å²) in [5, 5.41) is 3.86. The summed E-state index contributed by atoms with van der Waals surface area (Å²) in [5.74, 6) is 0.935. The number of hydrogen-bond donors (Lipinski definition) is 1. The zero-order valence-electron chi connectivity index (χ0n) is 15.4. The highest BCUT2D eigenvalue weighted by molar-refractivity contribution is 7.89. The number of ether oxygens (including phenoxy) is 1. The normalized spacial score (nSPS) is 15.4. The Morgan fingerprint density at radius 2 is 2.11 bits per heavy atom. The molecule has 0 bridgehead atoms. The average molecular weight is 394 g/mol. The molecule has 0 saturated heterocycles. The van der Waals surface area contributed by atoms with E-state index in [2.05, 4.69) is 14.9 Å². The first kappa shape index (κ1) is 19.3. The molecule has 1 aromatic carbocycles. The molecule has 1 N–H and O–H groups in total. The summed E-state index contributed by atoms with van der Waals surface area (Å²) in [6, 6.07) is 4.24. The van der Waals surface area contributed by atoms with Crippen molar-refractivity contribution in [3.05, 3.63) is 29.9 Å². The maximum atomic E-state index is 12.6. The lowest BCUT2D eigenvalue weighted by atomic mass is 10.2. The third-order valence-corrected chi connectivity index (χ3v) is 5.85. The Morgan fingerprint density at radius 3 is 2.78 bits per heavy atom. The van der Waals surface area contributed by atoms with Gasteiger partial charge in [0.15, 0.2) is 12.4 Å². The number of anilines is 1. The van der Waals surface area contributed by atoms with Crippen LogP contribution in [0.15, 0.2) is 27.6 Å². The van der Waals surface area contributed by atoms with E-state index in [9.17, 15) is 13.2 Å². The molecule has 1 atom stereocenters. The van der Waals surface area contributed by atoms with Crippen LogP contribution in [0.3, 0.4) is 0 Å². The van der Waals surface area contributed by atoms with Crippen LogP contribution in [0.4, 0.5) is 5.69 Å². The molecule has 0 unspecified atom stereocenters. The van der Waals surface area contributed by atoms with Crippen molar-refractivity contribution in [1.29, 1.82) is 0 Å². The van der Waals surface area contributed by atoms with Gasteiger partial charge in [0, 0.05) is 12.5 Å². The van der Waals surface area contributed by atoms with Crippen molar-refractivity contribution in [2.75, 3.05) is 11.5 Å². The van der Waals surface area contributed by atoms with Gasteiger partial charge in [-0.1, -0.05) is 19.0 Å². The fourth-order valence-corrected chi connectivity index (χ4v) is 3.92. The average Bonchev–Trinajstić information content (AvgIpc) is 3.11. The number of sulfonamides is 1. The summed E-state index contributed by atoms with van der Waals surface area (Å²) in [5.41, 5.74) is 0.362. The lowest BCUT2D eigenvalue weighted by Crippen LogP contribution is -2.39. The molecule has 0 fully saturated rings. The summed E-state index contributed by atoms with van der Waals surface area (Å²) >= 11 is 0. The molecule has 2 aromatic rings. The van der Waals surface area contributed by atoms with Gasteiger partial charge >= 0.3 is 0 Å². The van der Waals surface area contributed by atoms with Gasteiger partial charge in [-0.15, -0.1) is 0 Å². The van der Waals surface area contributed by atoms with E-state index < -0.39 is 10.0 Å². The number of hydrogen-bond acceptors (Lipinski definition) is 7. The molecule has 1 aromatic heterocycles. The van der Waals surface area contributed by atoms with Crippen LogP contribution in [0.2, 0.25) is 0 Å². The molecule has 0 radical (unpaired) electrons. The van der Waals surface area contributed by atoms with E-state index >= 15 is 0 Å². The fraction of sp³-hybridized carbons (Fsp3) is 0.471. The fourth-order valence-electron chi connectivity index (χ4n) is 2.58. The Hall–Kier alpha value is -2.46. The third kappa shape index (κ3) is 4.11. The zero-order chi connectivity index (χ0) is 19.6. The second kappa shape index (κ2) is 7.65. The Labute approximate surface area is 157 Å². The van der Waals surface area contributed by atoms with Crippen molar-refractivity contribution in [1.82, 2.24) is 14.9 Å². The molecule has 1 aliphatic heterocycles. The summed E-state index contributed by atoms with van der Waals surface area (Å²) in [7, 11) is -3.71. The Kier molecular flexibility index (Phi) is 5.47. The number of rotatable bonds is 7. The van der Waals surface area contributed by atoms with Crippen LogP contribution >= 0.6 is 0 Å². The molecule has 2 heterocycles. The lowest BCUT2D eigenvalue weighted by Gasteiger charge is -2.28. The molecule has 9 nitrogen and oxygen atoms in total. The Balaban J connectivity index is 1.94. The number of carbonyl (C=O) groups is 1. The zero-order valence-corrected chi connectivity index (χ0v) is 16.2. The molecule has 1 amide bonds. The van der Waals surface area contributed by atoms with E-state index in [-0.39, 0.29) is 30.0 Å². The maximum Gasteiger partial charge on any atom is 0.265 e. The van der Waals surface area contributed by atoms with Crippen molar-refractivity contribution in [2.24, 2.45) is 0 Å². The van der Waals surface area contributed by atoms with Crippen molar-refractivity contribution >= 4 is 21.6 Å². The van der Waals surface area contributed by atoms with E-state index in [4.69, 9.17) is 9.26 Å². The van der Waals surface area contributed by atoms with Gasteiger partial charge < -0.3 is 9.26 Å². The molecular formula is C17H22N4O5S. The number of carbonyl (C=O) groups excluding carboxylic acids is 1. The highest BCUT2D eigenvalue weighted by Crippen LogP contribution is 2.35. The van der Waals surface area contributed by atoms with Crippen molar-refractivity contribution in [3.8, 4) is 5.75 Å². The molecule has 0 spiro atoms. The van der Waals surface area contributed by atoms with E-state index in [0.29, 0.717) is 36.0 Å². The van der Waals surface area contributed by atoms with Crippen LogP contribution in [0, 0.1) is 0 Å². The highest BCUT2D eigenvalue weighted by atomic mass is 32.2. The number of aromatic nitrogens is 2. The molecule has 0 aliphatic carbocycles. The van der Waals surface area contributed by atoms with Gasteiger partial charge in [0.1, 0.15) is 5.75 Å². The monoisotopic (exact) mass is 394 g/mol. The smallest absolute Gasteiger partial charge is 0.265 e. The lowest BCUT2D eigenvalue weighted by molar-refractivity contribution is -0.121. The maximum absolute atomic E-state index is 12.6. The summed E-state index contributed by atoms with van der Waals surface area (Å²) in [6.45, 7) is 5.50. The summed E-state index contributed by atoms with van der Waals surface area (Å²) in [6.07, 6.45) is 1.25. The molecule has 0 saturated carbocycles. The first-order valence-corrected chi connectivity index (χ1v) is 10.2. The molecule has 10 heteroatoms. The second-order valence-electron chi connectivity index (χ2n) is 6.29. The molecule has 146 valence electrons. The van der Waals surface area contributed by atoms with Gasteiger partial charge in [-0.2, -0.15) is 4.98 Å². The molecule has 27 heavy (non-hydrogen) atoms. The van der Waals surface area contributed by atoms with E-state index in [1.165, 1.54) is 17.0 Å². The SMILES string of the molecule is CCc1nc(CN2C(=O)COc3ccc(S(=O)(=O)N[C@@H](C)CC)cc32)no1. The number of aryl methyl sites for hydroxylation is 1. The third-order valence-electron chi connectivity index (χ3n) is 4.26. The number of nitrogens with one attached hydrogen (secondary N) is 1. The van der Waals surface area contributed by atoms with Crippen molar-refractivity contribution in [2.45, 2.75) is 51.1 Å². The van der Waals surface area contributed by atoms with E-state index in [1.54, 1.807) is 13.0 Å². The topological polar surface area (TPSA) is 115 Å². The van der Waals surface area contributed by atoms with Crippen molar-refractivity contribution < 1.29 is 22.5 Å². The van der Waals surface area contributed by atoms with Crippen LogP contribution in [0.1, 0.15) is 38.9 Å². The largest absolute Gasteiger partial charge is 0.482 e. The van der Waals surface area contributed by atoms with Gasteiger partial charge in [-0.3, -0.25) is 9.69 Å². The number of nitrogens with zero attached hydrogens (tertiary/aromatic N) is 3. The van der Waals surface area contributed by atoms with Crippen LogP contribution < -0.4 is 14.4 Å². The van der Waals surface area contributed by atoms with Gasteiger partial charge in [-0.05, 0) is 31.5 Å². The molecule has 3 rings (SSSR count). The first-order chi connectivity index (χ1) is 12.8. The van der Waals surface area contributed by atoms with Crippen LogP contribution in [-0.4, -0.2) is 37.1 Å². The van der Waals surface area contributed by atoms with Crippen LogP contribution in [-0.2, 0) is 27.8 Å². The minimum atomic E-state index is -3.71. The molecule has 1 aliphatic rings. The van der Waals surface area contributed by atoms with Gasteiger partial charge in [0.25, 0.3) is 5.91 Å². The van der Waals surface area contributed by atoms with Crippen LogP contribution in [0.25, 0.3) is 0 Å². The van der Waals surface area contributed by atoms with Gasteiger partial charge in [0.05, 0.1) is 17.1 Å². The van der Waals surface area contributed by atoms with Crippen LogP contribution in [0.5, 0.6) is 5.75 Å². The summed E-state index contributed by atoms with van der Waals surface area (Å²) in [4.78, 5) is 18.1. The standard InChI is InChI=1S/C17H22N4O5S/c1-4-11(3)20-27(23,24)12-6-7-14-13(8-12)21(17(22)10-25-14)9-15-18-16(5-2)26-19-15/h6-8,11,20H,4-5,9-10H2,1-3H3/t11-/m0/s1. The Morgan fingerprint density at radius 1 is 1.33 bits per heavy atom.